The number of rotatable bonds is 6. The SMILES string of the molecule is CNC(=O)c1cc(NC(=O)CN(C)S(=O)(=O)c2ccc(Br)cc2)ccc1Cl. The fourth-order valence-electron chi connectivity index (χ4n) is 2.19. The number of hydrogen-bond acceptors (Lipinski definition) is 4. The van der Waals surface area contributed by atoms with Crippen LogP contribution >= 0.6 is 27.5 Å². The molecule has 0 aliphatic rings. The van der Waals surface area contributed by atoms with E-state index in [4.69, 9.17) is 11.6 Å². The lowest BCUT2D eigenvalue weighted by Crippen LogP contribution is -2.35. The summed E-state index contributed by atoms with van der Waals surface area (Å²) in [6.07, 6.45) is 0. The fraction of sp³-hybridized carbons (Fsp3) is 0.176. The van der Waals surface area contributed by atoms with Gasteiger partial charge in [0.25, 0.3) is 5.91 Å². The maximum absolute atomic E-state index is 12.5. The summed E-state index contributed by atoms with van der Waals surface area (Å²) < 4.78 is 26.7. The molecular weight excluding hydrogens is 458 g/mol. The van der Waals surface area contributed by atoms with Gasteiger partial charge in [-0.25, -0.2) is 8.42 Å². The highest BCUT2D eigenvalue weighted by Gasteiger charge is 2.23. The number of hydrogen-bond donors (Lipinski definition) is 2. The number of carbonyl (C=O) groups excluding carboxylic acids is 2. The molecule has 2 aromatic carbocycles. The molecule has 10 heteroatoms. The van der Waals surface area contributed by atoms with E-state index in [-0.39, 0.29) is 15.5 Å². The molecule has 0 unspecified atom stereocenters. The van der Waals surface area contributed by atoms with Crippen molar-refractivity contribution in [1.82, 2.24) is 9.62 Å². The van der Waals surface area contributed by atoms with E-state index < -0.39 is 28.4 Å². The van der Waals surface area contributed by atoms with Gasteiger partial charge in [-0.05, 0) is 42.5 Å². The van der Waals surface area contributed by atoms with Crippen molar-refractivity contribution in [2.24, 2.45) is 0 Å². The van der Waals surface area contributed by atoms with Crippen LogP contribution in [0.3, 0.4) is 0 Å². The zero-order chi connectivity index (χ0) is 20.2. The smallest absolute Gasteiger partial charge is 0.252 e. The van der Waals surface area contributed by atoms with Crippen LogP contribution < -0.4 is 10.6 Å². The number of likely N-dealkylation sites (N-methyl/N-ethyl adjacent to an activating group) is 1. The Bertz CT molecular complexity index is 965. The minimum Gasteiger partial charge on any atom is -0.355 e. The summed E-state index contributed by atoms with van der Waals surface area (Å²) >= 11 is 9.21. The predicted molar refractivity (Wildman–Crippen MR) is 107 cm³/mol. The molecular formula is C17H17BrClN3O4S. The Morgan fingerprint density at radius 3 is 2.37 bits per heavy atom. The summed E-state index contributed by atoms with van der Waals surface area (Å²) in [5, 5.41) is 5.25. The Morgan fingerprint density at radius 1 is 1.15 bits per heavy atom. The number of nitrogens with zero attached hydrogens (tertiary/aromatic N) is 1. The number of sulfonamides is 1. The third kappa shape index (κ3) is 5.29. The molecule has 0 aromatic heterocycles. The lowest BCUT2D eigenvalue weighted by atomic mass is 10.2. The maximum atomic E-state index is 12.5. The second-order valence-corrected chi connectivity index (χ2v) is 8.90. The average molecular weight is 475 g/mol. The second kappa shape index (κ2) is 8.83. The molecule has 144 valence electrons. The Kier molecular flexibility index (Phi) is 6.99. The Morgan fingerprint density at radius 2 is 1.78 bits per heavy atom. The highest BCUT2D eigenvalue weighted by atomic mass is 79.9. The second-order valence-electron chi connectivity index (χ2n) is 5.54. The first-order chi connectivity index (χ1) is 12.6. The zero-order valence-electron chi connectivity index (χ0n) is 14.5. The summed E-state index contributed by atoms with van der Waals surface area (Å²) in [7, 11) is -1.03. The van der Waals surface area contributed by atoms with Crippen LogP contribution in [0.4, 0.5) is 5.69 Å². The van der Waals surface area contributed by atoms with Crippen molar-refractivity contribution < 1.29 is 18.0 Å². The first-order valence-corrected chi connectivity index (χ1v) is 10.3. The number of benzene rings is 2. The summed E-state index contributed by atoms with van der Waals surface area (Å²) in [5.41, 5.74) is 0.533. The van der Waals surface area contributed by atoms with E-state index in [1.165, 1.54) is 44.4 Å². The number of amides is 2. The number of anilines is 1. The van der Waals surface area contributed by atoms with Gasteiger partial charge in [0.1, 0.15) is 0 Å². The van der Waals surface area contributed by atoms with Crippen molar-refractivity contribution >= 4 is 55.1 Å². The topological polar surface area (TPSA) is 95.6 Å². The minimum absolute atomic E-state index is 0.0781. The normalized spacial score (nSPS) is 11.3. The van der Waals surface area contributed by atoms with Crippen LogP contribution in [0, 0.1) is 0 Å². The molecule has 27 heavy (non-hydrogen) atoms. The third-order valence-electron chi connectivity index (χ3n) is 3.61. The average Bonchev–Trinajstić information content (AvgIpc) is 2.62. The van der Waals surface area contributed by atoms with E-state index in [1.54, 1.807) is 12.1 Å². The van der Waals surface area contributed by atoms with Crippen LogP contribution in [0.5, 0.6) is 0 Å². The van der Waals surface area contributed by atoms with Crippen molar-refractivity contribution in [3.8, 4) is 0 Å². The summed E-state index contributed by atoms with van der Waals surface area (Å²) in [4.78, 5) is 24.1. The van der Waals surface area contributed by atoms with E-state index in [0.717, 1.165) is 8.78 Å². The van der Waals surface area contributed by atoms with E-state index in [9.17, 15) is 18.0 Å². The van der Waals surface area contributed by atoms with Crippen molar-refractivity contribution in [2.75, 3.05) is 26.0 Å². The molecule has 0 bridgehead atoms. The molecule has 0 aliphatic heterocycles. The van der Waals surface area contributed by atoms with Crippen LogP contribution in [0.1, 0.15) is 10.4 Å². The number of carbonyl (C=O) groups is 2. The fourth-order valence-corrected chi connectivity index (χ4v) is 3.78. The molecule has 0 radical (unpaired) electrons. The van der Waals surface area contributed by atoms with Crippen molar-refractivity contribution in [3.63, 3.8) is 0 Å². The van der Waals surface area contributed by atoms with Crippen molar-refractivity contribution in [3.05, 3.63) is 57.5 Å². The Labute approximate surface area is 170 Å². The molecule has 2 aromatic rings. The first-order valence-electron chi connectivity index (χ1n) is 7.68. The van der Waals surface area contributed by atoms with Gasteiger partial charge in [0.15, 0.2) is 0 Å². The molecule has 2 rings (SSSR count). The van der Waals surface area contributed by atoms with Gasteiger partial charge in [0.2, 0.25) is 15.9 Å². The monoisotopic (exact) mass is 473 g/mol. The summed E-state index contributed by atoms with van der Waals surface area (Å²) in [6.45, 7) is -0.393. The molecule has 7 nitrogen and oxygen atoms in total. The number of nitrogens with one attached hydrogen (secondary N) is 2. The van der Waals surface area contributed by atoms with Gasteiger partial charge in [-0.1, -0.05) is 27.5 Å². The van der Waals surface area contributed by atoms with Gasteiger partial charge in [-0.15, -0.1) is 0 Å². The highest BCUT2D eigenvalue weighted by molar-refractivity contribution is 9.10. The van der Waals surface area contributed by atoms with E-state index in [1.807, 2.05) is 0 Å². The van der Waals surface area contributed by atoms with Gasteiger partial charge < -0.3 is 10.6 Å². The molecule has 0 spiro atoms. The Hall–Kier alpha value is -1.94. The summed E-state index contributed by atoms with van der Waals surface area (Å²) in [5.74, 6) is -0.950. The minimum atomic E-state index is -3.81. The molecule has 0 heterocycles. The van der Waals surface area contributed by atoms with Gasteiger partial charge >= 0.3 is 0 Å². The van der Waals surface area contributed by atoms with E-state index >= 15 is 0 Å². The molecule has 0 saturated heterocycles. The van der Waals surface area contributed by atoms with Gasteiger partial charge in [0, 0.05) is 24.3 Å². The van der Waals surface area contributed by atoms with Crippen LogP contribution in [0.25, 0.3) is 0 Å². The van der Waals surface area contributed by atoms with Crippen LogP contribution in [0.15, 0.2) is 51.8 Å². The molecule has 0 aliphatic carbocycles. The van der Waals surface area contributed by atoms with Gasteiger partial charge in [-0.2, -0.15) is 4.31 Å². The van der Waals surface area contributed by atoms with Gasteiger partial charge in [0.05, 0.1) is 22.0 Å². The molecule has 2 N–H and O–H groups in total. The summed E-state index contributed by atoms with van der Waals surface area (Å²) in [6, 6.07) is 10.5. The van der Waals surface area contributed by atoms with Crippen molar-refractivity contribution in [2.45, 2.75) is 4.90 Å². The lowest BCUT2D eigenvalue weighted by Gasteiger charge is -2.17. The third-order valence-corrected chi connectivity index (χ3v) is 6.29. The number of halogens is 2. The lowest BCUT2D eigenvalue weighted by molar-refractivity contribution is -0.116. The zero-order valence-corrected chi connectivity index (χ0v) is 17.7. The molecule has 0 saturated carbocycles. The van der Waals surface area contributed by atoms with Gasteiger partial charge in [-0.3, -0.25) is 9.59 Å². The Balaban J connectivity index is 2.11. The van der Waals surface area contributed by atoms with E-state index in [0.29, 0.717) is 5.69 Å². The van der Waals surface area contributed by atoms with Crippen LogP contribution in [-0.4, -0.2) is 45.2 Å². The van der Waals surface area contributed by atoms with Crippen LogP contribution in [-0.2, 0) is 14.8 Å². The largest absolute Gasteiger partial charge is 0.355 e. The highest BCUT2D eigenvalue weighted by Crippen LogP contribution is 2.21. The van der Waals surface area contributed by atoms with Crippen molar-refractivity contribution in [1.29, 1.82) is 0 Å². The predicted octanol–water partition coefficient (Wildman–Crippen LogP) is 2.72. The quantitative estimate of drug-likeness (QED) is 0.673. The standard InChI is InChI=1S/C17H17BrClN3O4S/c1-20-17(24)14-9-12(5-8-15(14)19)21-16(23)10-22(2)27(25,26)13-6-3-11(18)4-7-13/h3-9H,10H2,1-2H3,(H,20,24)(H,21,23). The van der Waals surface area contributed by atoms with E-state index in [2.05, 4.69) is 26.6 Å². The van der Waals surface area contributed by atoms with Crippen LogP contribution in [0.2, 0.25) is 5.02 Å². The maximum Gasteiger partial charge on any atom is 0.252 e. The first kappa shape index (κ1) is 21.4. The molecule has 2 amide bonds. The molecule has 0 atom stereocenters. The molecule has 0 fully saturated rings.